The molecule has 4 nitrogen and oxygen atoms in total. The summed E-state index contributed by atoms with van der Waals surface area (Å²) in [5.41, 5.74) is 0.321. The number of amides is 1. The van der Waals surface area contributed by atoms with Crippen LogP contribution in [0.1, 0.15) is 27.2 Å². The topological polar surface area (TPSA) is 50.7 Å². The van der Waals surface area contributed by atoms with Crippen LogP contribution in [0.2, 0.25) is 0 Å². The van der Waals surface area contributed by atoms with Crippen LogP contribution in [0, 0.1) is 5.41 Å². The van der Waals surface area contributed by atoms with Crippen LogP contribution in [0.15, 0.2) is 23.2 Å². The summed E-state index contributed by atoms with van der Waals surface area (Å²) in [5.74, 6) is 0.0297. The average molecular weight is 314 g/mol. The molecule has 120 valence electrons. The van der Waals surface area contributed by atoms with Gasteiger partial charge in [-0.3, -0.25) is 9.79 Å². The Balaban J connectivity index is 2.14. The molecular formula is C15H17F3N2O2. The third-order valence-electron chi connectivity index (χ3n) is 2.99. The lowest BCUT2D eigenvalue weighted by Gasteiger charge is -2.23. The number of carbonyl (C=O) groups is 1. The van der Waals surface area contributed by atoms with Crippen LogP contribution in [-0.4, -0.2) is 24.4 Å². The fraction of sp³-hybridized carbons (Fsp3) is 0.467. The van der Waals surface area contributed by atoms with Crippen LogP contribution in [0.3, 0.4) is 0 Å². The number of alkyl halides is 3. The molecule has 1 aliphatic rings. The summed E-state index contributed by atoms with van der Waals surface area (Å²) < 4.78 is 42.5. The number of hydrogen-bond donors (Lipinski definition) is 1. The van der Waals surface area contributed by atoms with Crippen molar-refractivity contribution in [3.05, 3.63) is 18.2 Å². The Hall–Kier alpha value is -2.05. The zero-order valence-corrected chi connectivity index (χ0v) is 12.5. The summed E-state index contributed by atoms with van der Waals surface area (Å²) in [6, 6.07) is 4.71. The summed E-state index contributed by atoms with van der Waals surface area (Å²) >= 11 is 0. The van der Waals surface area contributed by atoms with E-state index >= 15 is 0 Å². The molecule has 0 bridgehead atoms. The van der Waals surface area contributed by atoms with E-state index < -0.39 is 24.1 Å². The van der Waals surface area contributed by atoms with Crippen molar-refractivity contribution >= 4 is 23.5 Å². The van der Waals surface area contributed by atoms with Gasteiger partial charge in [-0.1, -0.05) is 20.8 Å². The molecule has 1 aromatic rings. The number of hydrogen-bond acceptors (Lipinski definition) is 3. The Morgan fingerprint density at radius 3 is 2.59 bits per heavy atom. The summed E-state index contributed by atoms with van der Waals surface area (Å²) in [5, 5.41) is 2.70. The molecule has 0 radical (unpaired) electrons. The van der Waals surface area contributed by atoms with Gasteiger partial charge in [-0.2, -0.15) is 13.2 Å². The first kappa shape index (κ1) is 16.3. The average Bonchev–Trinajstić information content (AvgIpc) is 2.35. The molecule has 7 heteroatoms. The normalized spacial score (nSPS) is 17.6. The van der Waals surface area contributed by atoms with Gasteiger partial charge in [0.15, 0.2) is 0 Å². The smallest absolute Gasteiger partial charge is 0.393 e. The number of fused-ring (bicyclic) bond motifs is 1. The van der Waals surface area contributed by atoms with Gasteiger partial charge >= 0.3 is 6.18 Å². The molecule has 0 fully saturated rings. The fourth-order valence-corrected chi connectivity index (χ4v) is 1.79. The fourth-order valence-electron chi connectivity index (χ4n) is 1.79. The summed E-state index contributed by atoms with van der Waals surface area (Å²) in [6.07, 6.45) is -5.44. The maximum atomic E-state index is 12.4. The molecule has 1 N–H and O–H groups in total. The summed E-state index contributed by atoms with van der Waals surface area (Å²) in [6.45, 7) is 5.29. The molecule has 1 aliphatic heterocycles. The van der Waals surface area contributed by atoms with E-state index in [0.29, 0.717) is 11.4 Å². The van der Waals surface area contributed by atoms with Crippen molar-refractivity contribution in [2.24, 2.45) is 10.4 Å². The van der Waals surface area contributed by atoms with E-state index in [1.807, 2.05) is 0 Å². The van der Waals surface area contributed by atoms with Crippen LogP contribution in [-0.2, 0) is 4.79 Å². The van der Waals surface area contributed by atoms with Crippen LogP contribution >= 0.6 is 0 Å². The van der Waals surface area contributed by atoms with E-state index in [4.69, 9.17) is 4.74 Å². The number of carbonyl (C=O) groups excluding carboxylic acids is 1. The third kappa shape index (κ3) is 4.22. The van der Waals surface area contributed by atoms with Crippen molar-refractivity contribution < 1.29 is 22.7 Å². The van der Waals surface area contributed by atoms with Gasteiger partial charge < -0.3 is 10.1 Å². The number of nitrogens with one attached hydrogen (secondary N) is 1. The van der Waals surface area contributed by atoms with E-state index in [1.54, 1.807) is 32.9 Å². The van der Waals surface area contributed by atoms with Gasteiger partial charge in [0.2, 0.25) is 5.91 Å². The van der Waals surface area contributed by atoms with Crippen molar-refractivity contribution in [2.75, 3.05) is 5.32 Å². The molecule has 0 aliphatic carbocycles. The molecule has 1 heterocycles. The molecule has 1 atom stereocenters. The second kappa shape index (κ2) is 5.62. The van der Waals surface area contributed by atoms with Gasteiger partial charge in [0, 0.05) is 23.4 Å². The van der Waals surface area contributed by atoms with Gasteiger partial charge in [0.25, 0.3) is 0 Å². The van der Waals surface area contributed by atoms with Crippen molar-refractivity contribution in [3.63, 3.8) is 0 Å². The van der Waals surface area contributed by atoms with Crippen molar-refractivity contribution in [1.82, 2.24) is 0 Å². The molecule has 0 aromatic heterocycles. The summed E-state index contributed by atoms with van der Waals surface area (Å²) in [7, 11) is 0. The van der Waals surface area contributed by atoms with Gasteiger partial charge in [-0.05, 0) is 12.1 Å². The predicted molar refractivity (Wildman–Crippen MR) is 77.8 cm³/mol. The first-order valence-corrected chi connectivity index (χ1v) is 6.78. The van der Waals surface area contributed by atoms with Gasteiger partial charge in [0.1, 0.15) is 17.5 Å². The molecular weight excluding hydrogens is 297 g/mol. The maximum Gasteiger partial charge on any atom is 0.393 e. The highest BCUT2D eigenvalue weighted by Gasteiger charge is 2.33. The van der Waals surface area contributed by atoms with Gasteiger partial charge in [-0.25, -0.2) is 0 Å². The minimum absolute atomic E-state index is 0.196. The Bertz CT molecular complexity index is 604. The standard InChI is InChI=1S/C15H17F3N2O2/c1-14(2,3)13(21)20-9-4-5-11-12(6-9)22-10(8-19-11)7-15(16,17)18/h4-6,8,10H,7H2,1-3H3,(H,20,21). The first-order valence-electron chi connectivity index (χ1n) is 6.78. The van der Waals surface area contributed by atoms with E-state index in [2.05, 4.69) is 10.3 Å². The Kier molecular flexibility index (Phi) is 4.17. The zero-order chi connectivity index (χ0) is 16.5. The number of aliphatic imine (C=N–C) groups is 1. The molecule has 22 heavy (non-hydrogen) atoms. The Labute approximate surface area is 126 Å². The highest BCUT2D eigenvalue weighted by molar-refractivity contribution is 5.95. The highest BCUT2D eigenvalue weighted by atomic mass is 19.4. The van der Waals surface area contributed by atoms with Gasteiger partial charge in [-0.15, -0.1) is 0 Å². The van der Waals surface area contributed by atoms with Crippen LogP contribution in [0.25, 0.3) is 0 Å². The lowest BCUT2D eigenvalue weighted by molar-refractivity contribution is -0.144. The molecule has 0 spiro atoms. The van der Waals surface area contributed by atoms with E-state index in [1.165, 1.54) is 6.07 Å². The van der Waals surface area contributed by atoms with Crippen LogP contribution < -0.4 is 10.1 Å². The highest BCUT2D eigenvalue weighted by Crippen LogP contribution is 2.36. The molecule has 1 aromatic carbocycles. The van der Waals surface area contributed by atoms with E-state index in [0.717, 1.165) is 6.21 Å². The second-order valence-electron chi connectivity index (χ2n) is 6.14. The Morgan fingerprint density at radius 1 is 1.32 bits per heavy atom. The molecule has 2 rings (SSSR count). The molecule has 1 amide bonds. The minimum atomic E-state index is -4.33. The lowest BCUT2D eigenvalue weighted by Crippen LogP contribution is -2.28. The minimum Gasteiger partial charge on any atom is -0.482 e. The van der Waals surface area contributed by atoms with Crippen molar-refractivity contribution in [1.29, 1.82) is 0 Å². The SMILES string of the molecule is CC(C)(C)C(=O)Nc1ccc2c(c1)OC(CC(F)(F)F)C=N2. The zero-order valence-electron chi connectivity index (χ0n) is 12.5. The quantitative estimate of drug-likeness (QED) is 0.894. The maximum absolute atomic E-state index is 12.4. The monoisotopic (exact) mass is 314 g/mol. The van der Waals surface area contributed by atoms with E-state index in [9.17, 15) is 18.0 Å². The van der Waals surface area contributed by atoms with E-state index in [-0.39, 0.29) is 11.7 Å². The number of rotatable bonds is 2. The van der Waals surface area contributed by atoms with Crippen LogP contribution in [0.5, 0.6) is 5.75 Å². The van der Waals surface area contributed by atoms with Gasteiger partial charge in [0.05, 0.1) is 6.42 Å². The molecule has 0 saturated heterocycles. The number of benzene rings is 1. The van der Waals surface area contributed by atoms with Crippen LogP contribution in [0.4, 0.5) is 24.5 Å². The molecule has 0 saturated carbocycles. The summed E-state index contributed by atoms with van der Waals surface area (Å²) in [4.78, 5) is 15.9. The van der Waals surface area contributed by atoms with Crippen molar-refractivity contribution in [2.45, 2.75) is 39.5 Å². The van der Waals surface area contributed by atoms with Crippen molar-refractivity contribution in [3.8, 4) is 5.75 Å². The largest absolute Gasteiger partial charge is 0.482 e. The molecule has 1 unspecified atom stereocenters. The Morgan fingerprint density at radius 2 is 2.00 bits per heavy atom. The second-order valence-corrected chi connectivity index (χ2v) is 6.14. The predicted octanol–water partition coefficient (Wildman–Crippen LogP) is 4.09. The first-order chi connectivity index (χ1) is 10.0. The lowest BCUT2D eigenvalue weighted by atomic mass is 9.95. The number of halogens is 3. The number of anilines is 1. The number of ether oxygens (including phenoxy) is 1. The number of nitrogens with zero attached hydrogens (tertiary/aromatic N) is 1. The third-order valence-corrected chi connectivity index (χ3v) is 2.99.